The van der Waals surface area contributed by atoms with E-state index in [1.165, 1.54) is 33.4 Å². The third-order valence-electron chi connectivity index (χ3n) is 5.79. The molecule has 1 aromatic heterocycles. The molecular weight excluding hydrogens is 397 g/mol. The Bertz CT molecular complexity index is 1070. The first-order chi connectivity index (χ1) is 14.9. The van der Waals surface area contributed by atoms with Gasteiger partial charge in [0.2, 0.25) is 0 Å². The summed E-state index contributed by atoms with van der Waals surface area (Å²) < 4.78 is 16.6. The number of hydrogen-bond acceptors (Lipinski definition) is 5. The largest absolute Gasteiger partial charge is 0.356 e. The molecule has 0 bridgehead atoms. The Labute approximate surface area is 181 Å². The summed E-state index contributed by atoms with van der Waals surface area (Å²) in [4.78, 5) is 28.1. The maximum absolute atomic E-state index is 13.9. The van der Waals surface area contributed by atoms with Gasteiger partial charge in [0.1, 0.15) is 11.6 Å². The number of unbranched alkanes of at least 4 members (excludes halogenated alkanes) is 3. The molecule has 31 heavy (non-hydrogen) atoms. The number of nitrogens with two attached hydrogens (primary N) is 1. The van der Waals surface area contributed by atoms with Crippen LogP contribution in [0.5, 0.6) is 0 Å². The molecule has 1 aliphatic rings. The molecule has 7 nitrogen and oxygen atoms in total. The van der Waals surface area contributed by atoms with E-state index < -0.39 is 11.5 Å². The normalized spacial score (nSPS) is 16.3. The van der Waals surface area contributed by atoms with Gasteiger partial charge in [-0.25, -0.2) is 9.18 Å². The Hall–Kier alpha value is -2.92. The second kappa shape index (κ2) is 10.4. The van der Waals surface area contributed by atoms with Crippen LogP contribution in [0.25, 0.3) is 0 Å². The lowest BCUT2D eigenvalue weighted by atomic mass is 10.1. The summed E-state index contributed by atoms with van der Waals surface area (Å²) in [6.07, 6.45) is 5.52. The van der Waals surface area contributed by atoms with Gasteiger partial charge >= 0.3 is 5.69 Å². The highest BCUT2D eigenvalue weighted by Crippen LogP contribution is 2.20. The molecule has 0 spiro atoms. The number of benzene rings is 1. The molecule has 0 saturated carbocycles. The van der Waals surface area contributed by atoms with Crippen LogP contribution in [0.3, 0.4) is 0 Å². The van der Waals surface area contributed by atoms with Crippen LogP contribution in [0.2, 0.25) is 0 Å². The average molecular weight is 428 g/mol. The summed E-state index contributed by atoms with van der Waals surface area (Å²) in [6.45, 7) is 3.67. The van der Waals surface area contributed by atoms with Crippen molar-refractivity contribution in [2.75, 3.05) is 18.0 Å². The Morgan fingerprint density at radius 1 is 1.19 bits per heavy atom. The third kappa shape index (κ3) is 5.42. The van der Waals surface area contributed by atoms with Gasteiger partial charge in [0.25, 0.3) is 5.56 Å². The molecule has 1 aromatic carbocycles. The highest BCUT2D eigenvalue weighted by molar-refractivity contribution is 5.43. The molecule has 0 aliphatic carbocycles. The van der Waals surface area contributed by atoms with Gasteiger partial charge in [0.15, 0.2) is 0 Å². The van der Waals surface area contributed by atoms with Gasteiger partial charge in [-0.1, -0.05) is 26.2 Å². The molecule has 0 unspecified atom stereocenters. The van der Waals surface area contributed by atoms with Gasteiger partial charge in [-0.15, -0.1) is 0 Å². The number of aromatic nitrogens is 2. The van der Waals surface area contributed by atoms with Crippen molar-refractivity contribution in [2.45, 2.75) is 64.6 Å². The lowest BCUT2D eigenvalue weighted by Crippen LogP contribution is -2.48. The monoisotopic (exact) mass is 427 g/mol. The lowest BCUT2D eigenvalue weighted by molar-refractivity contribution is 0.482. The van der Waals surface area contributed by atoms with E-state index in [2.05, 4.69) is 13.0 Å². The van der Waals surface area contributed by atoms with Crippen LogP contribution in [-0.4, -0.2) is 28.3 Å². The molecule has 1 saturated heterocycles. The third-order valence-corrected chi connectivity index (χ3v) is 5.79. The van der Waals surface area contributed by atoms with Crippen molar-refractivity contribution < 1.29 is 4.39 Å². The Kier molecular flexibility index (Phi) is 7.64. The first kappa shape index (κ1) is 22.8. The zero-order valence-corrected chi connectivity index (χ0v) is 18.0. The van der Waals surface area contributed by atoms with Crippen LogP contribution in [0.15, 0.2) is 33.9 Å². The topological polar surface area (TPSA) is 97.1 Å². The summed E-state index contributed by atoms with van der Waals surface area (Å²) in [5.41, 5.74) is 6.05. The molecule has 2 aromatic rings. The maximum Gasteiger partial charge on any atom is 0.332 e. The van der Waals surface area contributed by atoms with Crippen molar-refractivity contribution >= 4 is 5.82 Å². The fraction of sp³-hybridized carbons (Fsp3) is 0.522. The number of nitriles is 1. The van der Waals surface area contributed by atoms with Crippen molar-refractivity contribution in [3.05, 3.63) is 62.0 Å². The summed E-state index contributed by atoms with van der Waals surface area (Å²) >= 11 is 0. The fourth-order valence-electron chi connectivity index (χ4n) is 4.11. The SMILES string of the molecule is CCCCCCn1c(=O)cc(N2CCC[C@@H](N)C2)n(Cc2cc(F)ccc2C#N)c1=O. The second-order valence-corrected chi connectivity index (χ2v) is 8.18. The van der Waals surface area contributed by atoms with E-state index >= 15 is 0 Å². The van der Waals surface area contributed by atoms with E-state index in [1.807, 2.05) is 4.90 Å². The maximum atomic E-state index is 13.9. The number of halogens is 1. The zero-order chi connectivity index (χ0) is 22.4. The van der Waals surface area contributed by atoms with E-state index in [1.54, 1.807) is 0 Å². The lowest BCUT2D eigenvalue weighted by Gasteiger charge is -2.34. The molecule has 2 N–H and O–H groups in total. The summed E-state index contributed by atoms with van der Waals surface area (Å²) in [6, 6.07) is 7.40. The number of rotatable bonds is 8. The van der Waals surface area contributed by atoms with Crippen LogP contribution in [-0.2, 0) is 13.1 Å². The van der Waals surface area contributed by atoms with E-state index in [9.17, 15) is 19.2 Å². The Balaban J connectivity index is 2.06. The minimum absolute atomic E-state index is 0.00972. The van der Waals surface area contributed by atoms with Crippen molar-refractivity contribution in [2.24, 2.45) is 5.73 Å². The van der Waals surface area contributed by atoms with Gasteiger partial charge in [-0.2, -0.15) is 5.26 Å². The van der Waals surface area contributed by atoms with Crippen LogP contribution in [0.4, 0.5) is 10.2 Å². The van der Waals surface area contributed by atoms with E-state index in [4.69, 9.17) is 5.73 Å². The highest BCUT2D eigenvalue weighted by atomic mass is 19.1. The molecule has 2 heterocycles. The van der Waals surface area contributed by atoms with E-state index in [0.29, 0.717) is 36.6 Å². The second-order valence-electron chi connectivity index (χ2n) is 8.18. The smallest absolute Gasteiger partial charge is 0.332 e. The minimum Gasteiger partial charge on any atom is -0.356 e. The molecule has 1 aliphatic heterocycles. The average Bonchev–Trinajstić information content (AvgIpc) is 2.75. The fourth-order valence-corrected chi connectivity index (χ4v) is 4.11. The van der Waals surface area contributed by atoms with Gasteiger partial charge in [-0.3, -0.25) is 13.9 Å². The van der Waals surface area contributed by atoms with Gasteiger partial charge in [0.05, 0.1) is 18.2 Å². The molecular formula is C23H30FN5O2. The summed E-state index contributed by atoms with van der Waals surface area (Å²) in [5.74, 6) is -0.000380. The molecule has 0 radical (unpaired) electrons. The standard InChI is InChI=1S/C23H30FN5O2/c1-2-3-4-5-11-28-22(30)13-21(27-10-6-7-20(26)16-27)29(23(28)31)15-18-12-19(24)9-8-17(18)14-25/h8-9,12-13,20H,2-7,10-11,15-16,26H2,1H3/t20-/m1/s1. The Morgan fingerprint density at radius 3 is 2.71 bits per heavy atom. The predicted octanol–water partition coefficient (Wildman–Crippen LogP) is 2.58. The van der Waals surface area contributed by atoms with Crippen LogP contribution >= 0.6 is 0 Å². The van der Waals surface area contributed by atoms with Gasteiger partial charge in [0, 0.05) is 31.7 Å². The summed E-state index contributed by atoms with van der Waals surface area (Å²) in [7, 11) is 0. The van der Waals surface area contributed by atoms with Crippen molar-refractivity contribution in [3.63, 3.8) is 0 Å². The van der Waals surface area contributed by atoms with Crippen molar-refractivity contribution in [1.82, 2.24) is 9.13 Å². The minimum atomic E-state index is -0.475. The molecule has 0 amide bonds. The van der Waals surface area contributed by atoms with Crippen molar-refractivity contribution in [3.8, 4) is 6.07 Å². The van der Waals surface area contributed by atoms with E-state index in [-0.39, 0.29) is 18.1 Å². The van der Waals surface area contributed by atoms with Crippen LogP contribution < -0.4 is 21.9 Å². The quantitative estimate of drug-likeness (QED) is 0.653. The van der Waals surface area contributed by atoms with Crippen LogP contribution in [0.1, 0.15) is 56.6 Å². The first-order valence-electron chi connectivity index (χ1n) is 11.0. The highest BCUT2D eigenvalue weighted by Gasteiger charge is 2.22. The molecule has 1 atom stereocenters. The van der Waals surface area contributed by atoms with Gasteiger partial charge in [-0.05, 0) is 43.0 Å². The number of anilines is 1. The first-order valence-corrected chi connectivity index (χ1v) is 11.0. The zero-order valence-electron chi connectivity index (χ0n) is 18.0. The Morgan fingerprint density at radius 2 is 2.00 bits per heavy atom. The predicted molar refractivity (Wildman–Crippen MR) is 119 cm³/mol. The molecule has 8 heteroatoms. The molecule has 1 fully saturated rings. The van der Waals surface area contributed by atoms with Gasteiger partial charge < -0.3 is 10.6 Å². The van der Waals surface area contributed by atoms with Crippen molar-refractivity contribution in [1.29, 1.82) is 5.26 Å². The van der Waals surface area contributed by atoms with Crippen LogP contribution in [0, 0.1) is 17.1 Å². The molecule has 3 rings (SSSR count). The summed E-state index contributed by atoms with van der Waals surface area (Å²) in [5, 5.41) is 9.43. The number of piperidine rings is 1. The number of hydrogen-bond donors (Lipinski definition) is 1. The molecule has 166 valence electrons. The number of nitrogens with zero attached hydrogens (tertiary/aromatic N) is 4. The van der Waals surface area contributed by atoms with E-state index in [0.717, 1.165) is 38.5 Å².